The van der Waals surface area contributed by atoms with Gasteiger partial charge in [0.25, 0.3) is 0 Å². The second-order valence-electron chi connectivity index (χ2n) is 3.93. The molecule has 1 fully saturated rings. The van der Waals surface area contributed by atoms with Gasteiger partial charge in [-0.15, -0.1) is 0 Å². The van der Waals surface area contributed by atoms with Crippen molar-refractivity contribution in [3.63, 3.8) is 0 Å². The monoisotopic (exact) mass is 205 g/mol. The van der Waals surface area contributed by atoms with E-state index in [4.69, 9.17) is 0 Å². The van der Waals surface area contributed by atoms with E-state index < -0.39 is 0 Å². The van der Waals surface area contributed by atoms with Crippen molar-refractivity contribution in [1.82, 2.24) is 15.3 Å². The first kappa shape index (κ1) is 8.85. The standard InChI is InChI=1S/C11H12FN3/c12-7-3-4-8-10(6-7)15-11(14-8)9-2-1-5-13-9/h3-4,6,9,13H,1-2,5H2,(H,14,15). The molecule has 0 aliphatic carbocycles. The summed E-state index contributed by atoms with van der Waals surface area (Å²) in [5.74, 6) is 0.688. The molecule has 2 N–H and O–H groups in total. The largest absolute Gasteiger partial charge is 0.341 e. The topological polar surface area (TPSA) is 40.7 Å². The van der Waals surface area contributed by atoms with Crippen LogP contribution in [0.2, 0.25) is 0 Å². The fraction of sp³-hybridized carbons (Fsp3) is 0.364. The van der Waals surface area contributed by atoms with Crippen LogP contribution in [0.5, 0.6) is 0 Å². The molecule has 78 valence electrons. The zero-order valence-electron chi connectivity index (χ0n) is 8.26. The molecule has 3 rings (SSSR count). The highest BCUT2D eigenvalue weighted by Gasteiger charge is 2.19. The van der Waals surface area contributed by atoms with Crippen LogP contribution in [0, 0.1) is 5.82 Å². The summed E-state index contributed by atoms with van der Waals surface area (Å²) < 4.78 is 13.0. The fourth-order valence-electron chi connectivity index (χ4n) is 2.08. The fourth-order valence-corrected chi connectivity index (χ4v) is 2.08. The van der Waals surface area contributed by atoms with Gasteiger partial charge >= 0.3 is 0 Å². The molecule has 3 nitrogen and oxygen atoms in total. The zero-order valence-corrected chi connectivity index (χ0v) is 8.26. The Kier molecular flexibility index (Phi) is 1.95. The van der Waals surface area contributed by atoms with Gasteiger partial charge in [-0.25, -0.2) is 9.37 Å². The van der Waals surface area contributed by atoms with E-state index in [1.54, 1.807) is 6.07 Å². The number of rotatable bonds is 1. The van der Waals surface area contributed by atoms with Crippen molar-refractivity contribution < 1.29 is 4.39 Å². The Morgan fingerprint density at radius 2 is 2.33 bits per heavy atom. The number of halogens is 1. The minimum absolute atomic E-state index is 0.236. The molecule has 1 aliphatic heterocycles. The molecule has 1 aliphatic rings. The highest BCUT2D eigenvalue weighted by molar-refractivity contribution is 5.75. The van der Waals surface area contributed by atoms with Crippen LogP contribution >= 0.6 is 0 Å². The van der Waals surface area contributed by atoms with Crippen molar-refractivity contribution in [3.8, 4) is 0 Å². The normalized spacial score (nSPS) is 21.3. The number of benzene rings is 1. The highest BCUT2D eigenvalue weighted by Crippen LogP contribution is 2.23. The van der Waals surface area contributed by atoms with Crippen LogP contribution in [0.1, 0.15) is 24.7 Å². The van der Waals surface area contributed by atoms with Gasteiger partial charge in [-0.2, -0.15) is 0 Å². The predicted octanol–water partition coefficient (Wildman–Crippen LogP) is 2.13. The van der Waals surface area contributed by atoms with Gasteiger partial charge in [0.2, 0.25) is 0 Å². The first-order valence-corrected chi connectivity index (χ1v) is 5.21. The molecule has 1 saturated heterocycles. The third-order valence-electron chi connectivity index (χ3n) is 2.85. The van der Waals surface area contributed by atoms with E-state index in [1.807, 2.05) is 0 Å². The summed E-state index contributed by atoms with van der Waals surface area (Å²) in [7, 11) is 0. The maximum Gasteiger partial charge on any atom is 0.125 e. The summed E-state index contributed by atoms with van der Waals surface area (Å²) >= 11 is 0. The zero-order chi connectivity index (χ0) is 10.3. The lowest BCUT2D eigenvalue weighted by Crippen LogP contribution is -2.13. The molecule has 1 aromatic heterocycles. The molecule has 0 bridgehead atoms. The quantitative estimate of drug-likeness (QED) is 0.748. The van der Waals surface area contributed by atoms with Crippen LogP contribution in [-0.2, 0) is 0 Å². The molecule has 0 saturated carbocycles. The third-order valence-corrected chi connectivity index (χ3v) is 2.85. The van der Waals surface area contributed by atoms with Gasteiger partial charge in [0.05, 0.1) is 17.1 Å². The lowest BCUT2D eigenvalue weighted by atomic mass is 10.2. The number of nitrogens with zero attached hydrogens (tertiary/aromatic N) is 1. The Morgan fingerprint density at radius 1 is 1.40 bits per heavy atom. The lowest BCUT2D eigenvalue weighted by Gasteiger charge is -2.04. The first-order chi connectivity index (χ1) is 7.33. The summed E-state index contributed by atoms with van der Waals surface area (Å²) in [5.41, 5.74) is 1.61. The van der Waals surface area contributed by atoms with Crippen molar-refractivity contribution in [1.29, 1.82) is 0 Å². The first-order valence-electron chi connectivity index (χ1n) is 5.21. The van der Waals surface area contributed by atoms with E-state index in [0.717, 1.165) is 24.3 Å². The van der Waals surface area contributed by atoms with Crippen molar-refractivity contribution in [2.24, 2.45) is 0 Å². The molecule has 2 aromatic rings. The van der Waals surface area contributed by atoms with Crippen LogP contribution in [0.15, 0.2) is 18.2 Å². The lowest BCUT2D eigenvalue weighted by molar-refractivity contribution is 0.614. The Morgan fingerprint density at radius 3 is 3.13 bits per heavy atom. The van der Waals surface area contributed by atoms with Gasteiger partial charge in [0, 0.05) is 6.07 Å². The summed E-state index contributed by atoms with van der Waals surface area (Å²) in [5, 5.41) is 3.36. The van der Waals surface area contributed by atoms with Crippen LogP contribution in [-0.4, -0.2) is 16.5 Å². The molecule has 4 heteroatoms. The number of hydrogen-bond acceptors (Lipinski definition) is 2. The van der Waals surface area contributed by atoms with Crippen molar-refractivity contribution >= 4 is 11.0 Å². The summed E-state index contributed by atoms with van der Waals surface area (Å²) in [4.78, 5) is 7.62. The van der Waals surface area contributed by atoms with Gasteiger partial charge in [0.1, 0.15) is 11.6 Å². The second kappa shape index (κ2) is 3.31. The van der Waals surface area contributed by atoms with Gasteiger partial charge in [0.15, 0.2) is 0 Å². The summed E-state index contributed by atoms with van der Waals surface area (Å²) in [6.07, 6.45) is 2.28. The van der Waals surface area contributed by atoms with Gasteiger partial charge in [-0.1, -0.05) is 0 Å². The summed E-state index contributed by atoms with van der Waals surface area (Å²) in [6, 6.07) is 4.95. The maximum atomic E-state index is 13.0. The van der Waals surface area contributed by atoms with Crippen LogP contribution < -0.4 is 5.32 Å². The van der Waals surface area contributed by atoms with Crippen LogP contribution in [0.25, 0.3) is 11.0 Å². The van der Waals surface area contributed by atoms with E-state index in [2.05, 4.69) is 15.3 Å². The minimum Gasteiger partial charge on any atom is -0.341 e. The molecule has 0 spiro atoms. The van der Waals surface area contributed by atoms with Crippen LogP contribution in [0.4, 0.5) is 4.39 Å². The van der Waals surface area contributed by atoms with E-state index in [0.29, 0.717) is 11.6 Å². The molecule has 1 aromatic carbocycles. The van der Waals surface area contributed by atoms with Gasteiger partial charge in [-0.3, -0.25) is 0 Å². The Hall–Kier alpha value is -1.42. The Bertz CT molecular complexity index is 486. The molecule has 0 radical (unpaired) electrons. The van der Waals surface area contributed by atoms with Gasteiger partial charge in [-0.05, 0) is 31.5 Å². The smallest absolute Gasteiger partial charge is 0.125 e. The average Bonchev–Trinajstić information content (AvgIpc) is 2.84. The van der Waals surface area contributed by atoms with Gasteiger partial charge < -0.3 is 10.3 Å². The molecule has 15 heavy (non-hydrogen) atoms. The third kappa shape index (κ3) is 1.51. The molecular formula is C11H12FN3. The van der Waals surface area contributed by atoms with E-state index in [-0.39, 0.29) is 5.82 Å². The average molecular weight is 205 g/mol. The molecule has 1 unspecified atom stereocenters. The van der Waals surface area contributed by atoms with Crippen molar-refractivity contribution in [2.75, 3.05) is 6.54 Å². The second-order valence-corrected chi connectivity index (χ2v) is 3.93. The molecule has 0 amide bonds. The number of H-pyrrole nitrogens is 1. The minimum atomic E-state index is -0.236. The van der Waals surface area contributed by atoms with Crippen molar-refractivity contribution in [2.45, 2.75) is 18.9 Å². The number of nitrogens with one attached hydrogen (secondary N) is 2. The van der Waals surface area contributed by atoms with E-state index in [1.165, 1.54) is 18.6 Å². The maximum absolute atomic E-state index is 13.0. The highest BCUT2D eigenvalue weighted by atomic mass is 19.1. The number of aromatic amines is 1. The van der Waals surface area contributed by atoms with E-state index >= 15 is 0 Å². The molecule has 1 atom stereocenters. The summed E-state index contributed by atoms with van der Waals surface area (Å²) in [6.45, 7) is 1.04. The van der Waals surface area contributed by atoms with Crippen LogP contribution in [0.3, 0.4) is 0 Å². The predicted molar refractivity (Wildman–Crippen MR) is 56.0 cm³/mol. The number of hydrogen-bond donors (Lipinski definition) is 2. The SMILES string of the molecule is Fc1ccc2[nH]c(C3CCCN3)nc2c1. The van der Waals surface area contributed by atoms with E-state index in [9.17, 15) is 4.39 Å². The number of imidazole rings is 1. The Balaban J connectivity index is 2.05. The number of aromatic nitrogens is 2. The number of fused-ring (bicyclic) bond motifs is 1. The Labute approximate surface area is 86.7 Å². The molecular weight excluding hydrogens is 193 g/mol. The molecule has 2 heterocycles. The van der Waals surface area contributed by atoms with Crippen molar-refractivity contribution in [3.05, 3.63) is 29.8 Å².